The van der Waals surface area contributed by atoms with Gasteiger partial charge in [-0.2, -0.15) is 13.2 Å². The molecule has 0 N–H and O–H groups in total. The molecule has 0 aromatic heterocycles. The first-order valence-electron chi connectivity index (χ1n) is 3.36. The van der Waals surface area contributed by atoms with Crippen molar-refractivity contribution in [3.8, 4) is 0 Å². The van der Waals surface area contributed by atoms with Crippen LogP contribution in [0.4, 0.5) is 13.2 Å². The molecule has 1 rings (SSSR count). The molecule has 72 valence electrons. The molecule has 0 aliphatic heterocycles. The molecule has 1 aromatic rings. The highest BCUT2D eigenvalue weighted by atomic mass is 35.5. The molecule has 1 aromatic carbocycles. The van der Waals surface area contributed by atoms with Gasteiger partial charge in [0.2, 0.25) is 0 Å². The van der Waals surface area contributed by atoms with Gasteiger partial charge in [-0.3, -0.25) is 0 Å². The number of hydrogen-bond donors (Lipinski definition) is 0. The lowest BCUT2D eigenvalue weighted by Crippen LogP contribution is -2.07. The SMILES string of the molecule is Cc1ccc(Cl)c(C(F)(F)F)c1Cl. The molecule has 0 saturated heterocycles. The average molecular weight is 229 g/mol. The zero-order chi connectivity index (χ0) is 10.2. The predicted molar refractivity (Wildman–Crippen MR) is 46.2 cm³/mol. The van der Waals surface area contributed by atoms with E-state index in [-0.39, 0.29) is 10.0 Å². The van der Waals surface area contributed by atoms with Gasteiger partial charge in [-0.15, -0.1) is 0 Å². The molecular weight excluding hydrogens is 224 g/mol. The molecule has 0 aliphatic carbocycles. The number of benzene rings is 1. The number of rotatable bonds is 0. The van der Waals surface area contributed by atoms with Gasteiger partial charge in [0.15, 0.2) is 0 Å². The van der Waals surface area contributed by atoms with Crippen molar-refractivity contribution in [1.29, 1.82) is 0 Å². The third-order valence-corrected chi connectivity index (χ3v) is 2.37. The van der Waals surface area contributed by atoms with Crippen molar-refractivity contribution in [2.24, 2.45) is 0 Å². The van der Waals surface area contributed by atoms with Crippen molar-refractivity contribution in [2.75, 3.05) is 0 Å². The van der Waals surface area contributed by atoms with E-state index in [1.807, 2.05) is 0 Å². The van der Waals surface area contributed by atoms with Crippen LogP contribution >= 0.6 is 23.2 Å². The third-order valence-electron chi connectivity index (χ3n) is 1.57. The summed E-state index contributed by atoms with van der Waals surface area (Å²) in [5, 5.41) is -0.705. The van der Waals surface area contributed by atoms with Crippen LogP contribution in [-0.4, -0.2) is 0 Å². The van der Waals surface area contributed by atoms with Crippen LogP contribution < -0.4 is 0 Å². The maximum Gasteiger partial charge on any atom is 0.419 e. The summed E-state index contributed by atoms with van der Waals surface area (Å²) >= 11 is 10.9. The lowest BCUT2D eigenvalue weighted by Gasteiger charge is -2.12. The van der Waals surface area contributed by atoms with E-state index in [4.69, 9.17) is 23.2 Å². The van der Waals surface area contributed by atoms with Gasteiger partial charge in [0, 0.05) is 0 Å². The lowest BCUT2D eigenvalue weighted by atomic mass is 10.1. The van der Waals surface area contributed by atoms with Crippen LogP contribution in [0, 0.1) is 6.92 Å². The Labute approximate surface area is 83.3 Å². The highest BCUT2D eigenvalue weighted by Crippen LogP contribution is 2.40. The molecule has 0 aliphatic rings. The largest absolute Gasteiger partial charge is 0.419 e. The summed E-state index contributed by atoms with van der Waals surface area (Å²) in [5.41, 5.74) is -0.603. The Hall–Kier alpha value is -0.410. The number of hydrogen-bond acceptors (Lipinski definition) is 0. The minimum Gasteiger partial charge on any atom is -0.166 e. The Morgan fingerprint density at radius 3 is 2.08 bits per heavy atom. The van der Waals surface area contributed by atoms with E-state index in [0.29, 0.717) is 5.56 Å². The molecular formula is C8H5Cl2F3. The van der Waals surface area contributed by atoms with E-state index < -0.39 is 11.7 Å². The molecule has 13 heavy (non-hydrogen) atoms. The Morgan fingerprint density at radius 2 is 1.69 bits per heavy atom. The van der Waals surface area contributed by atoms with E-state index in [2.05, 4.69) is 0 Å². The van der Waals surface area contributed by atoms with Gasteiger partial charge in [-0.25, -0.2) is 0 Å². The number of halogens is 5. The monoisotopic (exact) mass is 228 g/mol. The van der Waals surface area contributed by atoms with E-state index in [9.17, 15) is 13.2 Å². The average Bonchev–Trinajstić information content (AvgIpc) is 1.95. The molecule has 5 heteroatoms. The second kappa shape index (κ2) is 3.39. The third kappa shape index (κ3) is 2.09. The zero-order valence-electron chi connectivity index (χ0n) is 6.54. The minimum atomic E-state index is -4.50. The topological polar surface area (TPSA) is 0 Å². The van der Waals surface area contributed by atoms with Crippen LogP contribution in [0.5, 0.6) is 0 Å². The molecule has 0 nitrogen and oxygen atoms in total. The second-order valence-corrected chi connectivity index (χ2v) is 3.34. The molecule has 0 saturated carbocycles. The summed E-state index contributed by atoms with van der Waals surface area (Å²) in [6.07, 6.45) is -4.50. The standard InChI is InChI=1S/C8H5Cl2F3/c1-4-2-3-5(9)6(7(4)10)8(11,12)13/h2-3H,1H3. The number of alkyl halides is 3. The Balaban J connectivity index is 3.43. The molecule has 0 spiro atoms. The maximum absolute atomic E-state index is 12.3. The van der Waals surface area contributed by atoms with Gasteiger partial charge in [-0.1, -0.05) is 29.3 Å². The number of aryl methyl sites for hydroxylation is 1. The van der Waals surface area contributed by atoms with Crippen LogP contribution in [0.1, 0.15) is 11.1 Å². The smallest absolute Gasteiger partial charge is 0.166 e. The van der Waals surface area contributed by atoms with Crippen molar-refractivity contribution in [1.82, 2.24) is 0 Å². The van der Waals surface area contributed by atoms with Gasteiger partial charge in [0.25, 0.3) is 0 Å². The van der Waals surface area contributed by atoms with Gasteiger partial charge in [-0.05, 0) is 18.6 Å². The second-order valence-electron chi connectivity index (χ2n) is 2.55. The van der Waals surface area contributed by atoms with Crippen LogP contribution in [0.3, 0.4) is 0 Å². The molecule has 0 amide bonds. The van der Waals surface area contributed by atoms with Crippen molar-refractivity contribution in [2.45, 2.75) is 13.1 Å². The first-order valence-corrected chi connectivity index (χ1v) is 4.11. The predicted octanol–water partition coefficient (Wildman–Crippen LogP) is 4.32. The maximum atomic E-state index is 12.3. The van der Waals surface area contributed by atoms with Gasteiger partial charge in [0.1, 0.15) is 0 Å². The van der Waals surface area contributed by atoms with Crippen LogP contribution in [0.25, 0.3) is 0 Å². The normalized spacial score (nSPS) is 11.8. The summed E-state index contributed by atoms with van der Waals surface area (Å²) in [4.78, 5) is 0. The van der Waals surface area contributed by atoms with E-state index in [1.165, 1.54) is 19.1 Å². The van der Waals surface area contributed by atoms with Gasteiger partial charge in [0.05, 0.1) is 15.6 Å². The van der Waals surface area contributed by atoms with E-state index in [0.717, 1.165) is 0 Å². The first kappa shape index (κ1) is 10.7. The van der Waals surface area contributed by atoms with Crippen LogP contribution in [0.2, 0.25) is 10.0 Å². The summed E-state index contributed by atoms with van der Waals surface area (Å²) in [6, 6.07) is 2.63. The molecule has 0 atom stereocenters. The fraction of sp³-hybridized carbons (Fsp3) is 0.250. The molecule has 0 bridgehead atoms. The zero-order valence-corrected chi connectivity index (χ0v) is 8.06. The molecule has 0 unspecified atom stereocenters. The molecule has 0 fully saturated rings. The van der Waals surface area contributed by atoms with Crippen molar-refractivity contribution in [3.63, 3.8) is 0 Å². The highest BCUT2D eigenvalue weighted by Gasteiger charge is 2.36. The molecule has 0 radical (unpaired) electrons. The van der Waals surface area contributed by atoms with Crippen LogP contribution in [0.15, 0.2) is 12.1 Å². The summed E-state index contributed by atoms with van der Waals surface area (Å²) < 4.78 is 37.0. The first-order chi connectivity index (χ1) is 5.84. The van der Waals surface area contributed by atoms with Crippen molar-refractivity contribution < 1.29 is 13.2 Å². The Kier molecular flexibility index (Phi) is 2.78. The quantitative estimate of drug-likeness (QED) is 0.621. The van der Waals surface area contributed by atoms with Crippen molar-refractivity contribution in [3.05, 3.63) is 33.3 Å². The Bertz CT molecular complexity index is 331. The minimum absolute atomic E-state index is 0.333. The van der Waals surface area contributed by atoms with Gasteiger partial charge >= 0.3 is 6.18 Å². The summed E-state index contributed by atoms with van der Waals surface area (Å²) in [6.45, 7) is 1.49. The fourth-order valence-electron chi connectivity index (χ4n) is 0.917. The van der Waals surface area contributed by atoms with Gasteiger partial charge < -0.3 is 0 Å². The lowest BCUT2D eigenvalue weighted by molar-refractivity contribution is -0.137. The summed E-state index contributed by atoms with van der Waals surface area (Å²) in [7, 11) is 0. The van der Waals surface area contributed by atoms with E-state index in [1.54, 1.807) is 0 Å². The van der Waals surface area contributed by atoms with Crippen LogP contribution in [-0.2, 0) is 6.18 Å². The fourth-order valence-corrected chi connectivity index (χ4v) is 1.50. The molecule has 0 heterocycles. The Morgan fingerprint density at radius 1 is 1.15 bits per heavy atom. The van der Waals surface area contributed by atoms with E-state index >= 15 is 0 Å². The van der Waals surface area contributed by atoms with Crippen molar-refractivity contribution >= 4 is 23.2 Å². The highest BCUT2D eigenvalue weighted by molar-refractivity contribution is 6.36. The summed E-state index contributed by atoms with van der Waals surface area (Å²) in [5.74, 6) is 0.